The third-order valence-corrected chi connectivity index (χ3v) is 2.72. The van der Waals surface area contributed by atoms with Gasteiger partial charge in [0.1, 0.15) is 5.82 Å². The summed E-state index contributed by atoms with van der Waals surface area (Å²) >= 11 is 3.37. The van der Waals surface area contributed by atoms with Crippen molar-refractivity contribution in [1.29, 1.82) is 0 Å². The number of halogens is 2. The third-order valence-electron chi connectivity index (χ3n) is 2.03. The first-order chi connectivity index (χ1) is 7.09. The van der Waals surface area contributed by atoms with E-state index < -0.39 is 0 Å². The molecule has 2 nitrogen and oxygen atoms in total. The molecule has 0 heterocycles. The Kier molecular flexibility index (Phi) is 5.05. The van der Waals surface area contributed by atoms with Gasteiger partial charge in [0, 0.05) is 11.0 Å². The molecule has 0 aliphatic rings. The molecule has 15 heavy (non-hydrogen) atoms. The highest BCUT2D eigenvalue weighted by Crippen LogP contribution is 2.22. The summed E-state index contributed by atoms with van der Waals surface area (Å²) in [6.45, 7) is 1.88. The van der Waals surface area contributed by atoms with Crippen molar-refractivity contribution >= 4 is 21.6 Å². The maximum absolute atomic E-state index is 12.9. The topological polar surface area (TPSA) is 15.3 Å². The van der Waals surface area contributed by atoms with E-state index in [1.807, 2.05) is 14.1 Å². The molecule has 0 radical (unpaired) electrons. The molecule has 0 aromatic heterocycles. The van der Waals surface area contributed by atoms with Crippen molar-refractivity contribution in [2.24, 2.45) is 0 Å². The van der Waals surface area contributed by atoms with Crippen LogP contribution in [0.2, 0.25) is 0 Å². The largest absolute Gasteiger partial charge is 0.384 e. The zero-order valence-corrected chi connectivity index (χ0v) is 10.6. The third kappa shape index (κ3) is 4.62. The first-order valence-electron chi connectivity index (χ1n) is 4.93. The van der Waals surface area contributed by atoms with E-state index in [1.54, 1.807) is 6.07 Å². The van der Waals surface area contributed by atoms with E-state index in [1.165, 1.54) is 12.1 Å². The van der Waals surface area contributed by atoms with E-state index in [2.05, 4.69) is 26.1 Å². The second-order valence-electron chi connectivity index (χ2n) is 3.71. The molecule has 0 fully saturated rings. The summed E-state index contributed by atoms with van der Waals surface area (Å²) in [5, 5.41) is 3.20. The van der Waals surface area contributed by atoms with Crippen LogP contribution in [0.4, 0.5) is 10.1 Å². The van der Waals surface area contributed by atoms with Crippen LogP contribution in [0.5, 0.6) is 0 Å². The molecule has 1 aromatic carbocycles. The van der Waals surface area contributed by atoms with Crippen LogP contribution in [0.3, 0.4) is 0 Å². The number of rotatable bonds is 5. The summed E-state index contributed by atoms with van der Waals surface area (Å²) in [4.78, 5) is 2.13. The Morgan fingerprint density at radius 2 is 2.13 bits per heavy atom. The number of hydrogen-bond acceptors (Lipinski definition) is 2. The van der Waals surface area contributed by atoms with Gasteiger partial charge in [-0.1, -0.05) is 0 Å². The molecule has 0 aliphatic carbocycles. The Morgan fingerprint density at radius 3 is 2.80 bits per heavy atom. The van der Waals surface area contributed by atoms with E-state index >= 15 is 0 Å². The van der Waals surface area contributed by atoms with Gasteiger partial charge < -0.3 is 10.2 Å². The molecule has 1 rings (SSSR count). The average Bonchev–Trinajstić information content (AvgIpc) is 2.17. The minimum absolute atomic E-state index is 0.215. The van der Waals surface area contributed by atoms with E-state index in [-0.39, 0.29) is 5.82 Å². The molecule has 0 unspecified atom stereocenters. The van der Waals surface area contributed by atoms with Crippen molar-refractivity contribution in [1.82, 2.24) is 4.90 Å². The highest BCUT2D eigenvalue weighted by molar-refractivity contribution is 9.10. The number of nitrogens with one attached hydrogen (secondary N) is 1. The summed E-state index contributed by atoms with van der Waals surface area (Å²) in [6.07, 6.45) is 1.04. The fraction of sp³-hybridized carbons (Fsp3) is 0.455. The minimum Gasteiger partial charge on any atom is -0.384 e. The fourth-order valence-electron chi connectivity index (χ4n) is 1.25. The number of benzene rings is 1. The Labute approximate surface area is 98.6 Å². The standard InChI is InChI=1S/C11H16BrFN2/c1-15(2)7-3-6-14-11-8-9(13)4-5-10(11)12/h4-5,8,14H,3,6-7H2,1-2H3. The molecule has 4 heteroatoms. The van der Waals surface area contributed by atoms with Crippen molar-refractivity contribution in [2.75, 3.05) is 32.5 Å². The van der Waals surface area contributed by atoms with Gasteiger partial charge in [-0.2, -0.15) is 0 Å². The van der Waals surface area contributed by atoms with Crippen LogP contribution in [-0.2, 0) is 0 Å². The van der Waals surface area contributed by atoms with Crippen molar-refractivity contribution in [3.05, 3.63) is 28.5 Å². The molecule has 1 N–H and O–H groups in total. The van der Waals surface area contributed by atoms with Crippen LogP contribution in [0.25, 0.3) is 0 Å². The molecule has 0 saturated heterocycles. The van der Waals surface area contributed by atoms with Crippen LogP contribution in [0.15, 0.2) is 22.7 Å². The number of hydrogen-bond donors (Lipinski definition) is 1. The molecule has 0 bridgehead atoms. The summed E-state index contributed by atoms with van der Waals surface area (Å²) < 4.78 is 13.8. The fourth-order valence-corrected chi connectivity index (χ4v) is 1.64. The van der Waals surface area contributed by atoms with Gasteiger partial charge in [0.05, 0.1) is 5.69 Å². The molecular weight excluding hydrogens is 259 g/mol. The maximum atomic E-state index is 12.9. The normalized spacial score (nSPS) is 10.7. The molecule has 0 saturated carbocycles. The summed E-state index contributed by atoms with van der Waals surface area (Å²) in [6, 6.07) is 4.65. The highest BCUT2D eigenvalue weighted by atomic mass is 79.9. The Balaban J connectivity index is 2.40. The maximum Gasteiger partial charge on any atom is 0.125 e. The monoisotopic (exact) mass is 274 g/mol. The second kappa shape index (κ2) is 6.08. The molecule has 0 spiro atoms. The Hall–Kier alpha value is -0.610. The lowest BCUT2D eigenvalue weighted by molar-refractivity contribution is 0.405. The first-order valence-corrected chi connectivity index (χ1v) is 5.72. The van der Waals surface area contributed by atoms with Gasteiger partial charge in [-0.05, 0) is 61.2 Å². The molecular formula is C11H16BrFN2. The second-order valence-corrected chi connectivity index (χ2v) is 4.56. The van der Waals surface area contributed by atoms with Gasteiger partial charge in [0.25, 0.3) is 0 Å². The summed E-state index contributed by atoms with van der Waals surface area (Å²) in [7, 11) is 4.08. The lowest BCUT2D eigenvalue weighted by Crippen LogP contribution is -2.16. The Bertz CT molecular complexity index is 315. The van der Waals surface area contributed by atoms with Crippen LogP contribution in [0, 0.1) is 5.82 Å². The predicted molar refractivity (Wildman–Crippen MR) is 65.8 cm³/mol. The van der Waals surface area contributed by atoms with Crippen molar-refractivity contribution in [2.45, 2.75) is 6.42 Å². The SMILES string of the molecule is CN(C)CCCNc1cc(F)ccc1Br. The highest BCUT2D eigenvalue weighted by Gasteiger charge is 2.00. The molecule has 1 aromatic rings. The van der Waals surface area contributed by atoms with Crippen LogP contribution >= 0.6 is 15.9 Å². The quantitative estimate of drug-likeness (QED) is 0.831. The van der Waals surface area contributed by atoms with Crippen molar-refractivity contribution in [3.63, 3.8) is 0 Å². The molecule has 0 amide bonds. The average molecular weight is 275 g/mol. The minimum atomic E-state index is -0.215. The zero-order chi connectivity index (χ0) is 11.3. The lowest BCUT2D eigenvalue weighted by atomic mass is 10.3. The van der Waals surface area contributed by atoms with Crippen LogP contribution < -0.4 is 5.32 Å². The van der Waals surface area contributed by atoms with Gasteiger partial charge in [0.2, 0.25) is 0 Å². The molecule has 0 atom stereocenters. The van der Waals surface area contributed by atoms with Gasteiger partial charge in [-0.15, -0.1) is 0 Å². The van der Waals surface area contributed by atoms with Gasteiger partial charge in [-0.25, -0.2) is 4.39 Å². The van der Waals surface area contributed by atoms with E-state index in [4.69, 9.17) is 0 Å². The Morgan fingerprint density at radius 1 is 1.40 bits per heavy atom. The lowest BCUT2D eigenvalue weighted by Gasteiger charge is -2.11. The van der Waals surface area contributed by atoms with E-state index in [0.29, 0.717) is 0 Å². The summed E-state index contributed by atoms with van der Waals surface area (Å²) in [5.41, 5.74) is 0.814. The molecule has 84 valence electrons. The summed E-state index contributed by atoms with van der Waals surface area (Å²) in [5.74, 6) is -0.215. The van der Waals surface area contributed by atoms with Gasteiger partial charge in [-0.3, -0.25) is 0 Å². The number of nitrogens with zero attached hydrogens (tertiary/aromatic N) is 1. The van der Waals surface area contributed by atoms with Gasteiger partial charge >= 0.3 is 0 Å². The number of anilines is 1. The zero-order valence-electron chi connectivity index (χ0n) is 9.06. The van der Waals surface area contributed by atoms with Gasteiger partial charge in [0.15, 0.2) is 0 Å². The van der Waals surface area contributed by atoms with Crippen LogP contribution in [0.1, 0.15) is 6.42 Å². The predicted octanol–water partition coefficient (Wildman–Crippen LogP) is 2.95. The van der Waals surface area contributed by atoms with E-state index in [0.717, 1.165) is 29.7 Å². The van der Waals surface area contributed by atoms with Crippen LogP contribution in [-0.4, -0.2) is 32.1 Å². The first kappa shape index (κ1) is 12.5. The van der Waals surface area contributed by atoms with E-state index in [9.17, 15) is 4.39 Å². The molecule has 0 aliphatic heterocycles. The smallest absolute Gasteiger partial charge is 0.125 e. The van der Waals surface area contributed by atoms with Crippen molar-refractivity contribution in [3.8, 4) is 0 Å². The van der Waals surface area contributed by atoms with Crippen molar-refractivity contribution < 1.29 is 4.39 Å².